The van der Waals surface area contributed by atoms with Crippen molar-refractivity contribution in [2.75, 3.05) is 20.2 Å². The SMILES string of the molecule is Cc1cc(-c2cccc3c2OCC[C@@H]3CN(C)C(=O)OC(C)(C)C)ccn1. The van der Waals surface area contributed by atoms with Gasteiger partial charge in [0.2, 0.25) is 0 Å². The number of carbonyl (C=O) groups is 1. The third kappa shape index (κ3) is 4.59. The summed E-state index contributed by atoms with van der Waals surface area (Å²) in [5.74, 6) is 1.13. The van der Waals surface area contributed by atoms with Gasteiger partial charge in [0, 0.05) is 37.0 Å². The third-order valence-corrected chi connectivity index (χ3v) is 4.61. The fraction of sp³-hybridized carbons (Fsp3) is 0.455. The maximum atomic E-state index is 12.3. The van der Waals surface area contributed by atoms with Crippen molar-refractivity contribution in [1.82, 2.24) is 9.88 Å². The van der Waals surface area contributed by atoms with Crippen LogP contribution in [0.15, 0.2) is 36.5 Å². The molecule has 3 rings (SSSR count). The Bertz CT molecular complexity index is 827. The zero-order valence-corrected chi connectivity index (χ0v) is 16.8. The smallest absolute Gasteiger partial charge is 0.410 e. The second-order valence-corrected chi connectivity index (χ2v) is 8.10. The topological polar surface area (TPSA) is 51.7 Å². The lowest BCUT2D eigenvalue weighted by Gasteiger charge is -2.31. The van der Waals surface area contributed by atoms with E-state index in [0.29, 0.717) is 13.2 Å². The summed E-state index contributed by atoms with van der Waals surface area (Å²) in [5, 5.41) is 0. The van der Waals surface area contributed by atoms with Crippen LogP contribution in [0.3, 0.4) is 0 Å². The molecule has 0 bridgehead atoms. The number of aryl methyl sites for hydroxylation is 1. The average molecular weight is 368 g/mol. The first kappa shape index (κ1) is 19.2. The van der Waals surface area contributed by atoms with E-state index < -0.39 is 5.60 Å². The Morgan fingerprint density at radius 2 is 2.11 bits per heavy atom. The van der Waals surface area contributed by atoms with Crippen LogP contribution in [0.5, 0.6) is 5.75 Å². The maximum absolute atomic E-state index is 12.3. The van der Waals surface area contributed by atoms with Crippen LogP contribution in [-0.2, 0) is 4.74 Å². The number of likely N-dealkylation sites (N-methyl/N-ethyl adjacent to an activating group) is 1. The lowest BCUT2D eigenvalue weighted by Crippen LogP contribution is -2.37. The molecule has 0 radical (unpaired) electrons. The summed E-state index contributed by atoms with van der Waals surface area (Å²) in [6.45, 7) is 8.87. The van der Waals surface area contributed by atoms with Gasteiger partial charge in [-0.15, -0.1) is 0 Å². The molecular weight excluding hydrogens is 340 g/mol. The minimum atomic E-state index is -0.495. The standard InChI is InChI=1S/C22H28N2O3/c1-15-13-16(9-11-23-15)18-7-6-8-19-17(10-12-26-20(18)19)14-24(5)21(25)27-22(2,3)4/h6-9,11,13,17H,10,12,14H2,1-5H3/t17-/m1/s1. The normalized spacial score (nSPS) is 16.3. The van der Waals surface area contributed by atoms with Gasteiger partial charge in [0.15, 0.2) is 0 Å². The molecule has 1 aromatic heterocycles. The first-order valence-corrected chi connectivity index (χ1v) is 9.37. The summed E-state index contributed by atoms with van der Waals surface area (Å²) >= 11 is 0. The molecule has 0 spiro atoms. The highest BCUT2D eigenvalue weighted by molar-refractivity contribution is 5.73. The van der Waals surface area contributed by atoms with Crippen molar-refractivity contribution in [2.24, 2.45) is 0 Å². The quantitative estimate of drug-likeness (QED) is 0.782. The molecule has 5 nitrogen and oxygen atoms in total. The average Bonchev–Trinajstić information content (AvgIpc) is 2.60. The fourth-order valence-corrected chi connectivity index (χ4v) is 3.37. The Kier molecular flexibility index (Phi) is 5.40. The summed E-state index contributed by atoms with van der Waals surface area (Å²) in [6.07, 6.45) is 2.40. The van der Waals surface area contributed by atoms with Gasteiger partial charge in [-0.05, 0) is 57.4 Å². The second-order valence-electron chi connectivity index (χ2n) is 8.10. The Balaban J connectivity index is 1.85. The molecular formula is C22H28N2O3. The highest BCUT2D eigenvalue weighted by atomic mass is 16.6. The number of hydrogen-bond donors (Lipinski definition) is 0. The summed E-state index contributed by atoms with van der Waals surface area (Å²) in [7, 11) is 1.79. The number of pyridine rings is 1. The van der Waals surface area contributed by atoms with E-state index in [0.717, 1.165) is 34.6 Å². The van der Waals surface area contributed by atoms with E-state index >= 15 is 0 Å². The Morgan fingerprint density at radius 3 is 2.81 bits per heavy atom. The first-order valence-electron chi connectivity index (χ1n) is 9.37. The van der Waals surface area contributed by atoms with Gasteiger partial charge in [0.05, 0.1) is 6.61 Å². The fourth-order valence-electron chi connectivity index (χ4n) is 3.37. The van der Waals surface area contributed by atoms with Gasteiger partial charge < -0.3 is 14.4 Å². The lowest BCUT2D eigenvalue weighted by atomic mass is 9.89. The maximum Gasteiger partial charge on any atom is 0.410 e. The summed E-state index contributed by atoms with van der Waals surface area (Å²) in [5.41, 5.74) is 3.79. The van der Waals surface area contributed by atoms with Gasteiger partial charge in [-0.3, -0.25) is 4.98 Å². The van der Waals surface area contributed by atoms with Crippen LogP contribution >= 0.6 is 0 Å². The number of aromatic nitrogens is 1. The van der Waals surface area contributed by atoms with Gasteiger partial charge in [0.25, 0.3) is 0 Å². The van der Waals surface area contributed by atoms with Gasteiger partial charge in [-0.1, -0.05) is 18.2 Å². The van der Waals surface area contributed by atoms with Crippen molar-refractivity contribution >= 4 is 6.09 Å². The molecule has 1 aliphatic rings. The highest BCUT2D eigenvalue weighted by Crippen LogP contribution is 2.41. The monoisotopic (exact) mass is 368 g/mol. The van der Waals surface area contributed by atoms with Crippen molar-refractivity contribution in [1.29, 1.82) is 0 Å². The molecule has 144 valence electrons. The van der Waals surface area contributed by atoms with Crippen LogP contribution in [-0.4, -0.2) is 41.8 Å². The van der Waals surface area contributed by atoms with Gasteiger partial charge in [-0.2, -0.15) is 0 Å². The number of ether oxygens (including phenoxy) is 2. The van der Waals surface area contributed by atoms with E-state index in [1.807, 2.05) is 40.0 Å². The number of benzene rings is 1. The Hall–Kier alpha value is -2.56. The van der Waals surface area contributed by atoms with Crippen LogP contribution in [0, 0.1) is 6.92 Å². The highest BCUT2D eigenvalue weighted by Gasteiger charge is 2.28. The summed E-state index contributed by atoms with van der Waals surface area (Å²) in [4.78, 5) is 18.3. The first-order chi connectivity index (χ1) is 12.7. The number of fused-ring (bicyclic) bond motifs is 1. The Labute approximate surface area is 161 Å². The molecule has 0 aliphatic carbocycles. The van der Waals surface area contributed by atoms with Crippen molar-refractivity contribution in [3.8, 4) is 16.9 Å². The molecule has 0 N–H and O–H groups in total. The third-order valence-electron chi connectivity index (χ3n) is 4.61. The minimum Gasteiger partial charge on any atom is -0.493 e. The predicted molar refractivity (Wildman–Crippen MR) is 106 cm³/mol. The molecule has 2 aromatic rings. The molecule has 1 amide bonds. The van der Waals surface area contributed by atoms with E-state index in [2.05, 4.69) is 29.2 Å². The van der Waals surface area contributed by atoms with E-state index in [4.69, 9.17) is 9.47 Å². The predicted octanol–water partition coefficient (Wildman–Crippen LogP) is 4.79. The van der Waals surface area contributed by atoms with Crippen LogP contribution in [0.2, 0.25) is 0 Å². The largest absolute Gasteiger partial charge is 0.493 e. The summed E-state index contributed by atoms with van der Waals surface area (Å²) in [6, 6.07) is 10.3. The zero-order valence-electron chi connectivity index (χ0n) is 16.8. The van der Waals surface area contributed by atoms with Crippen LogP contribution < -0.4 is 4.74 Å². The molecule has 0 saturated carbocycles. The molecule has 2 heterocycles. The molecule has 0 saturated heterocycles. The Morgan fingerprint density at radius 1 is 1.33 bits per heavy atom. The molecule has 27 heavy (non-hydrogen) atoms. The number of carbonyl (C=O) groups excluding carboxylic acids is 1. The van der Waals surface area contributed by atoms with Crippen LogP contribution in [0.4, 0.5) is 4.79 Å². The minimum absolute atomic E-state index is 0.217. The van der Waals surface area contributed by atoms with Crippen molar-refractivity contribution in [3.63, 3.8) is 0 Å². The van der Waals surface area contributed by atoms with E-state index in [1.165, 1.54) is 0 Å². The van der Waals surface area contributed by atoms with Gasteiger partial charge >= 0.3 is 6.09 Å². The number of amides is 1. The number of nitrogens with zero attached hydrogens (tertiary/aromatic N) is 2. The summed E-state index contributed by atoms with van der Waals surface area (Å²) < 4.78 is 11.5. The number of rotatable bonds is 3. The number of hydrogen-bond acceptors (Lipinski definition) is 4. The van der Waals surface area contributed by atoms with E-state index in [1.54, 1.807) is 11.9 Å². The lowest BCUT2D eigenvalue weighted by molar-refractivity contribution is 0.0281. The molecule has 1 atom stereocenters. The van der Waals surface area contributed by atoms with Crippen molar-refractivity contribution in [3.05, 3.63) is 47.8 Å². The van der Waals surface area contributed by atoms with E-state index in [-0.39, 0.29) is 12.0 Å². The van der Waals surface area contributed by atoms with Crippen LogP contribution in [0.25, 0.3) is 11.1 Å². The van der Waals surface area contributed by atoms with Gasteiger partial charge in [0.1, 0.15) is 11.4 Å². The second kappa shape index (κ2) is 7.59. The zero-order chi connectivity index (χ0) is 19.6. The van der Waals surface area contributed by atoms with E-state index in [9.17, 15) is 4.79 Å². The van der Waals surface area contributed by atoms with Crippen molar-refractivity contribution < 1.29 is 14.3 Å². The molecule has 1 aliphatic heterocycles. The molecule has 5 heteroatoms. The van der Waals surface area contributed by atoms with Gasteiger partial charge in [-0.25, -0.2) is 4.79 Å². The molecule has 0 unspecified atom stereocenters. The molecule has 0 fully saturated rings. The molecule has 1 aromatic carbocycles. The van der Waals surface area contributed by atoms with Crippen LogP contribution in [0.1, 0.15) is 44.4 Å². The van der Waals surface area contributed by atoms with Crippen molar-refractivity contribution in [2.45, 2.75) is 45.6 Å². The number of para-hydroxylation sites is 1.